The summed E-state index contributed by atoms with van der Waals surface area (Å²) in [6, 6.07) is 7.18. The Hall–Kier alpha value is -2.06. The topological polar surface area (TPSA) is 69.5 Å². The highest BCUT2D eigenvalue weighted by Crippen LogP contribution is 2.22. The van der Waals surface area contributed by atoms with Gasteiger partial charge in [-0.2, -0.15) is 0 Å². The fourth-order valence-corrected chi connectivity index (χ4v) is 3.28. The molecule has 0 atom stereocenters. The quantitative estimate of drug-likeness (QED) is 0.580. The average Bonchev–Trinajstić information content (AvgIpc) is 3.01. The van der Waals surface area contributed by atoms with E-state index in [0.29, 0.717) is 30.3 Å². The van der Waals surface area contributed by atoms with Crippen LogP contribution in [0.3, 0.4) is 0 Å². The molecule has 1 aliphatic heterocycles. The summed E-state index contributed by atoms with van der Waals surface area (Å²) in [6.45, 7) is 3.01. The Morgan fingerprint density at radius 3 is 2.88 bits per heavy atom. The van der Waals surface area contributed by atoms with Gasteiger partial charge in [0.25, 0.3) is 0 Å². The van der Waals surface area contributed by atoms with Crippen molar-refractivity contribution in [2.75, 3.05) is 44.1 Å². The van der Waals surface area contributed by atoms with Crippen LogP contribution in [0.2, 0.25) is 0 Å². The van der Waals surface area contributed by atoms with Crippen LogP contribution in [-0.2, 0) is 11.8 Å². The average molecular weight is 348 g/mol. The molecular weight excluding hydrogens is 328 g/mol. The largest absolute Gasteiger partial charge is 0.497 e. The monoisotopic (exact) mass is 348 g/mol. The number of aromatic nitrogens is 3. The number of Topliss-reactive ketones (excluding diaryl/α,β-unsaturated/α-hetero) is 1. The standard InChI is InChI=1S/C16H20N4O3S/c1-19-15(20-6-8-23-9-7-20)17-18-16(19)24-11-14(21)12-4-3-5-13(10-12)22-2/h3-5,10H,6-9,11H2,1-2H3. The van der Waals surface area contributed by atoms with Crippen molar-refractivity contribution in [1.29, 1.82) is 0 Å². The van der Waals surface area contributed by atoms with Crippen molar-refractivity contribution < 1.29 is 14.3 Å². The highest BCUT2D eigenvalue weighted by molar-refractivity contribution is 7.99. The van der Waals surface area contributed by atoms with E-state index in [2.05, 4.69) is 15.1 Å². The number of ketones is 1. The second-order valence-electron chi connectivity index (χ2n) is 5.38. The highest BCUT2D eigenvalue weighted by atomic mass is 32.2. The second-order valence-corrected chi connectivity index (χ2v) is 6.33. The molecule has 0 amide bonds. The van der Waals surface area contributed by atoms with Crippen molar-refractivity contribution in [1.82, 2.24) is 14.8 Å². The van der Waals surface area contributed by atoms with Crippen LogP contribution in [0.25, 0.3) is 0 Å². The van der Waals surface area contributed by atoms with Crippen LogP contribution in [0.15, 0.2) is 29.4 Å². The molecule has 0 spiro atoms. The number of anilines is 1. The zero-order valence-electron chi connectivity index (χ0n) is 13.8. The van der Waals surface area contributed by atoms with Crippen LogP contribution in [0.4, 0.5) is 5.95 Å². The molecule has 1 aromatic carbocycles. The zero-order chi connectivity index (χ0) is 16.9. The van der Waals surface area contributed by atoms with Crippen molar-refractivity contribution in [3.63, 3.8) is 0 Å². The first-order valence-electron chi connectivity index (χ1n) is 7.71. The Kier molecular flexibility index (Phi) is 5.37. The van der Waals surface area contributed by atoms with Crippen LogP contribution >= 0.6 is 11.8 Å². The highest BCUT2D eigenvalue weighted by Gasteiger charge is 2.19. The van der Waals surface area contributed by atoms with Crippen molar-refractivity contribution >= 4 is 23.5 Å². The van der Waals surface area contributed by atoms with E-state index in [0.717, 1.165) is 24.2 Å². The van der Waals surface area contributed by atoms with Crippen molar-refractivity contribution in [3.8, 4) is 5.75 Å². The van der Waals surface area contributed by atoms with E-state index >= 15 is 0 Å². The van der Waals surface area contributed by atoms with Crippen LogP contribution in [0.1, 0.15) is 10.4 Å². The van der Waals surface area contributed by atoms with Gasteiger partial charge in [0.1, 0.15) is 5.75 Å². The zero-order valence-corrected chi connectivity index (χ0v) is 14.6. The third-order valence-corrected chi connectivity index (χ3v) is 4.85. The first kappa shape index (κ1) is 16.8. The van der Waals surface area contributed by atoms with Crippen LogP contribution in [-0.4, -0.2) is 59.7 Å². The molecule has 0 saturated carbocycles. The number of nitrogens with zero attached hydrogens (tertiary/aromatic N) is 4. The summed E-state index contributed by atoms with van der Waals surface area (Å²) in [5.74, 6) is 1.84. The van der Waals surface area contributed by atoms with Crippen molar-refractivity contribution in [3.05, 3.63) is 29.8 Å². The van der Waals surface area contributed by atoms with Gasteiger partial charge < -0.3 is 14.4 Å². The molecule has 0 unspecified atom stereocenters. The number of carbonyl (C=O) groups is 1. The summed E-state index contributed by atoms with van der Waals surface area (Å²) in [7, 11) is 3.51. The summed E-state index contributed by atoms with van der Waals surface area (Å²) in [5, 5.41) is 9.18. The van der Waals surface area contributed by atoms with Crippen LogP contribution in [0, 0.1) is 0 Å². The fourth-order valence-electron chi connectivity index (χ4n) is 2.48. The van der Waals surface area contributed by atoms with Crippen molar-refractivity contribution in [2.45, 2.75) is 5.16 Å². The van der Waals surface area contributed by atoms with Gasteiger partial charge in [0.2, 0.25) is 5.95 Å². The number of methoxy groups -OCH3 is 1. The third-order valence-electron chi connectivity index (χ3n) is 3.83. The fraction of sp³-hybridized carbons (Fsp3) is 0.438. The minimum absolute atomic E-state index is 0.0369. The minimum Gasteiger partial charge on any atom is -0.497 e. The predicted molar refractivity (Wildman–Crippen MR) is 92.1 cm³/mol. The van der Waals surface area contributed by atoms with E-state index in [-0.39, 0.29) is 5.78 Å². The molecule has 0 radical (unpaired) electrons. The molecular formula is C16H20N4O3S. The molecule has 128 valence electrons. The first-order chi connectivity index (χ1) is 11.7. The predicted octanol–water partition coefficient (Wildman–Crippen LogP) is 1.64. The molecule has 7 nitrogen and oxygen atoms in total. The third kappa shape index (κ3) is 3.70. The van der Waals surface area contributed by atoms with E-state index in [1.54, 1.807) is 19.2 Å². The normalized spacial score (nSPS) is 14.7. The summed E-state index contributed by atoms with van der Waals surface area (Å²) in [6.07, 6.45) is 0. The molecule has 0 aliphatic carbocycles. The van der Waals surface area contributed by atoms with Crippen molar-refractivity contribution in [2.24, 2.45) is 7.05 Å². The number of morpholine rings is 1. The number of carbonyl (C=O) groups excluding carboxylic acids is 1. The molecule has 0 bridgehead atoms. The summed E-state index contributed by atoms with van der Waals surface area (Å²) in [5.41, 5.74) is 0.637. The molecule has 24 heavy (non-hydrogen) atoms. The maximum Gasteiger partial charge on any atom is 0.227 e. The number of rotatable bonds is 6. The molecule has 2 heterocycles. The Bertz CT molecular complexity index is 713. The number of hydrogen-bond acceptors (Lipinski definition) is 7. The molecule has 1 aliphatic rings. The Morgan fingerprint density at radius 1 is 1.33 bits per heavy atom. The summed E-state index contributed by atoms with van der Waals surface area (Å²) in [4.78, 5) is 14.5. The lowest BCUT2D eigenvalue weighted by molar-refractivity contribution is 0.102. The number of hydrogen-bond donors (Lipinski definition) is 0. The van der Waals surface area contributed by atoms with Gasteiger partial charge in [0.15, 0.2) is 10.9 Å². The van der Waals surface area contributed by atoms with Gasteiger partial charge in [-0.15, -0.1) is 10.2 Å². The first-order valence-corrected chi connectivity index (χ1v) is 8.69. The van der Waals surface area contributed by atoms with Crippen LogP contribution in [0.5, 0.6) is 5.75 Å². The van der Waals surface area contributed by atoms with Gasteiger partial charge in [-0.1, -0.05) is 23.9 Å². The van der Waals surface area contributed by atoms with Gasteiger partial charge in [-0.25, -0.2) is 0 Å². The van der Waals surface area contributed by atoms with Gasteiger partial charge in [0, 0.05) is 25.7 Å². The summed E-state index contributed by atoms with van der Waals surface area (Å²) >= 11 is 1.39. The van der Waals surface area contributed by atoms with Crippen LogP contribution < -0.4 is 9.64 Å². The Labute approximate surface area is 145 Å². The molecule has 0 N–H and O–H groups in total. The van der Waals surface area contributed by atoms with Gasteiger partial charge >= 0.3 is 0 Å². The SMILES string of the molecule is COc1cccc(C(=O)CSc2nnc(N3CCOCC3)n2C)c1. The maximum atomic E-state index is 12.3. The smallest absolute Gasteiger partial charge is 0.227 e. The van der Waals surface area contributed by atoms with E-state index < -0.39 is 0 Å². The molecule has 2 aromatic rings. The second kappa shape index (κ2) is 7.67. The van der Waals surface area contributed by atoms with Gasteiger partial charge in [-0.3, -0.25) is 9.36 Å². The molecule has 1 aromatic heterocycles. The molecule has 3 rings (SSSR count). The minimum atomic E-state index is 0.0369. The lowest BCUT2D eigenvalue weighted by Gasteiger charge is -2.27. The van der Waals surface area contributed by atoms with Gasteiger partial charge in [-0.05, 0) is 12.1 Å². The van der Waals surface area contributed by atoms with Gasteiger partial charge in [0.05, 0.1) is 26.1 Å². The van der Waals surface area contributed by atoms with E-state index in [4.69, 9.17) is 9.47 Å². The van der Waals surface area contributed by atoms with E-state index in [9.17, 15) is 4.79 Å². The lowest BCUT2D eigenvalue weighted by Crippen LogP contribution is -2.37. The lowest BCUT2D eigenvalue weighted by atomic mass is 10.1. The number of benzene rings is 1. The Morgan fingerprint density at radius 2 is 2.12 bits per heavy atom. The van der Waals surface area contributed by atoms with E-state index in [1.165, 1.54) is 11.8 Å². The van der Waals surface area contributed by atoms with E-state index in [1.807, 2.05) is 23.7 Å². The molecule has 1 saturated heterocycles. The maximum absolute atomic E-state index is 12.3. The number of ether oxygens (including phenoxy) is 2. The molecule has 8 heteroatoms. The molecule has 1 fully saturated rings. The summed E-state index contributed by atoms with van der Waals surface area (Å²) < 4.78 is 12.4. The Balaban J connectivity index is 1.64. The number of thioether (sulfide) groups is 1.